The van der Waals surface area contributed by atoms with Crippen LogP contribution in [-0.4, -0.2) is 37.2 Å². The van der Waals surface area contributed by atoms with Gasteiger partial charge in [-0.25, -0.2) is 0 Å². The maximum Gasteiger partial charge on any atom is 0.306 e. The van der Waals surface area contributed by atoms with E-state index in [0.717, 1.165) is 83.5 Å². The lowest BCUT2D eigenvalue weighted by Crippen LogP contribution is -2.30. The molecule has 0 rings (SSSR count). The van der Waals surface area contributed by atoms with Crippen molar-refractivity contribution in [1.82, 2.24) is 0 Å². The summed E-state index contributed by atoms with van der Waals surface area (Å²) in [4.78, 5) is 38.1. The van der Waals surface area contributed by atoms with Gasteiger partial charge in [0.15, 0.2) is 6.10 Å². The molecule has 1 unspecified atom stereocenters. The lowest BCUT2D eigenvalue weighted by molar-refractivity contribution is -0.167. The molecule has 1 atom stereocenters. The summed E-state index contributed by atoms with van der Waals surface area (Å²) in [5.74, 6) is -0.973. The molecule has 0 heterocycles. The first-order valence-corrected chi connectivity index (χ1v) is 27.6. The molecule has 0 aliphatic heterocycles. The number of hydrogen-bond donors (Lipinski definition) is 0. The molecule has 6 heteroatoms. The SMILES string of the molecule is CC\C=C/C=C\C=C/CCCCCCCCCC(=O)OCC(COC(=O)CCC/C=C\C/C=C\C/C=C\CCCCCCCC)OC(=O)CCCCCCC/C=C\CCCCCCCCC. The van der Waals surface area contributed by atoms with Crippen LogP contribution in [0, 0.1) is 0 Å². The zero-order valence-corrected chi connectivity index (χ0v) is 43.2. The van der Waals surface area contributed by atoms with E-state index in [1.54, 1.807) is 0 Å². The molecule has 66 heavy (non-hydrogen) atoms. The fourth-order valence-corrected chi connectivity index (χ4v) is 7.51. The monoisotopic (exact) mass is 919 g/mol. The van der Waals surface area contributed by atoms with Crippen molar-refractivity contribution < 1.29 is 28.6 Å². The Morgan fingerprint density at radius 1 is 0.333 bits per heavy atom. The van der Waals surface area contributed by atoms with E-state index in [-0.39, 0.29) is 37.5 Å². The van der Waals surface area contributed by atoms with Crippen molar-refractivity contribution in [2.75, 3.05) is 13.2 Å². The fraction of sp³-hybridized carbons (Fsp3) is 0.717. The minimum absolute atomic E-state index is 0.102. The Labute approximate surface area is 407 Å². The number of ether oxygens (including phenoxy) is 3. The lowest BCUT2D eigenvalue weighted by atomic mass is 10.1. The van der Waals surface area contributed by atoms with E-state index < -0.39 is 6.10 Å². The maximum absolute atomic E-state index is 12.8. The average Bonchev–Trinajstić information content (AvgIpc) is 3.31. The second-order valence-electron chi connectivity index (χ2n) is 18.2. The molecule has 0 bridgehead atoms. The van der Waals surface area contributed by atoms with Crippen LogP contribution in [0.15, 0.2) is 85.1 Å². The van der Waals surface area contributed by atoms with Gasteiger partial charge in [0.25, 0.3) is 0 Å². The summed E-state index contributed by atoms with van der Waals surface area (Å²) in [7, 11) is 0. The smallest absolute Gasteiger partial charge is 0.306 e. The Kier molecular flexibility index (Phi) is 51.4. The molecule has 0 aromatic heterocycles. The van der Waals surface area contributed by atoms with Crippen molar-refractivity contribution in [3.8, 4) is 0 Å². The number of rotatable bonds is 49. The van der Waals surface area contributed by atoms with Gasteiger partial charge in [-0.2, -0.15) is 0 Å². The minimum atomic E-state index is -0.806. The summed E-state index contributed by atoms with van der Waals surface area (Å²) >= 11 is 0. The highest BCUT2D eigenvalue weighted by Gasteiger charge is 2.19. The molecule has 6 nitrogen and oxygen atoms in total. The number of esters is 3. The standard InChI is InChI=1S/C60H102O6/c1-4-7-10-13-16-19-22-25-28-30-33-35-38-41-44-47-50-53-59(62)65-56-57(55-64-58(61)52-49-46-43-40-37-34-31-27-24-21-18-15-12-9-6-3)66-60(63)54-51-48-45-42-39-36-32-29-26-23-20-17-14-11-8-5-2/h9,12,15,18,21,24-25,28-29,32-33,35,41,44,57H,4-8,10-11,13-14,16-17,19-20,22-23,26-27,30-31,34,36-40,42-43,45-56H2,1-3H3/b12-9-,18-15-,24-21-,28-25-,32-29-,35-33-,44-41-. The van der Waals surface area contributed by atoms with Gasteiger partial charge in [-0.3, -0.25) is 14.4 Å². The van der Waals surface area contributed by atoms with Crippen molar-refractivity contribution in [3.05, 3.63) is 85.1 Å². The number of hydrogen-bond acceptors (Lipinski definition) is 6. The Morgan fingerprint density at radius 3 is 1.12 bits per heavy atom. The van der Waals surface area contributed by atoms with Gasteiger partial charge >= 0.3 is 17.9 Å². The van der Waals surface area contributed by atoms with E-state index in [0.29, 0.717) is 19.3 Å². The Morgan fingerprint density at radius 2 is 0.667 bits per heavy atom. The van der Waals surface area contributed by atoms with Gasteiger partial charge < -0.3 is 14.2 Å². The first-order valence-electron chi connectivity index (χ1n) is 27.6. The number of carbonyl (C=O) groups is 3. The normalized spacial score (nSPS) is 12.7. The van der Waals surface area contributed by atoms with Gasteiger partial charge in [-0.05, 0) is 96.3 Å². The van der Waals surface area contributed by atoms with Gasteiger partial charge in [0.05, 0.1) is 0 Å². The third kappa shape index (κ3) is 51.6. The highest BCUT2D eigenvalue weighted by molar-refractivity contribution is 5.71. The molecule has 0 aliphatic rings. The predicted octanol–water partition coefficient (Wildman–Crippen LogP) is 18.4. The Hall–Kier alpha value is -3.41. The lowest BCUT2D eigenvalue weighted by Gasteiger charge is -2.18. The first-order chi connectivity index (χ1) is 32.5. The predicted molar refractivity (Wildman–Crippen MR) is 284 cm³/mol. The van der Waals surface area contributed by atoms with Crippen LogP contribution in [0.5, 0.6) is 0 Å². The minimum Gasteiger partial charge on any atom is -0.462 e. The van der Waals surface area contributed by atoms with Gasteiger partial charge in [-0.1, -0.05) is 228 Å². The highest BCUT2D eigenvalue weighted by atomic mass is 16.6. The molecule has 0 aromatic rings. The highest BCUT2D eigenvalue weighted by Crippen LogP contribution is 2.14. The van der Waals surface area contributed by atoms with Crippen LogP contribution in [0.2, 0.25) is 0 Å². The number of unbranched alkanes of at least 4 members (excludes halogenated alkanes) is 26. The Bertz CT molecular complexity index is 1290. The molecule has 0 N–H and O–H groups in total. The van der Waals surface area contributed by atoms with Crippen LogP contribution in [0.1, 0.15) is 258 Å². The van der Waals surface area contributed by atoms with Crippen molar-refractivity contribution in [3.63, 3.8) is 0 Å². The molecular formula is C60H102O6. The third-order valence-corrected chi connectivity index (χ3v) is 11.7. The van der Waals surface area contributed by atoms with E-state index in [9.17, 15) is 14.4 Å². The van der Waals surface area contributed by atoms with Crippen molar-refractivity contribution in [1.29, 1.82) is 0 Å². The van der Waals surface area contributed by atoms with Crippen molar-refractivity contribution >= 4 is 17.9 Å². The van der Waals surface area contributed by atoms with Gasteiger partial charge in [0.1, 0.15) is 13.2 Å². The van der Waals surface area contributed by atoms with Gasteiger partial charge in [0, 0.05) is 19.3 Å². The van der Waals surface area contributed by atoms with E-state index in [1.807, 2.05) is 0 Å². The molecule has 0 fully saturated rings. The summed E-state index contributed by atoms with van der Waals surface area (Å²) in [6.07, 6.45) is 70.0. The molecule has 0 saturated carbocycles. The largest absolute Gasteiger partial charge is 0.462 e. The molecule has 0 amide bonds. The van der Waals surface area contributed by atoms with Gasteiger partial charge in [-0.15, -0.1) is 0 Å². The van der Waals surface area contributed by atoms with Gasteiger partial charge in [0.2, 0.25) is 0 Å². The summed E-state index contributed by atoms with van der Waals surface area (Å²) in [5.41, 5.74) is 0. The molecule has 0 saturated heterocycles. The molecule has 0 aliphatic carbocycles. The van der Waals surface area contributed by atoms with Crippen LogP contribution >= 0.6 is 0 Å². The van der Waals surface area contributed by atoms with E-state index in [1.165, 1.54) is 128 Å². The molecule has 378 valence electrons. The van der Waals surface area contributed by atoms with E-state index >= 15 is 0 Å². The molecule has 0 radical (unpaired) electrons. The molecule has 0 spiro atoms. The third-order valence-electron chi connectivity index (χ3n) is 11.7. The van der Waals surface area contributed by atoms with Crippen LogP contribution in [0.4, 0.5) is 0 Å². The second kappa shape index (κ2) is 54.2. The van der Waals surface area contributed by atoms with Crippen LogP contribution in [-0.2, 0) is 28.6 Å². The van der Waals surface area contributed by atoms with Crippen molar-refractivity contribution in [2.45, 2.75) is 264 Å². The topological polar surface area (TPSA) is 78.9 Å². The summed E-state index contributed by atoms with van der Waals surface area (Å²) in [5, 5.41) is 0. The van der Waals surface area contributed by atoms with E-state index in [2.05, 4.69) is 106 Å². The maximum atomic E-state index is 12.8. The first kappa shape index (κ1) is 62.6. The summed E-state index contributed by atoms with van der Waals surface area (Å²) < 4.78 is 16.8. The number of carbonyl (C=O) groups excluding carboxylic acids is 3. The second-order valence-corrected chi connectivity index (χ2v) is 18.2. The quantitative estimate of drug-likeness (QED) is 0.0199. The van der Waals surface area contributed by atoms with Crippen LogP contribution < -0.4 is 0 Å². The fourth-order valence-electron chi connectivity index (χ4n) is 7.51. The van der Waals surface area contributed by atoms with Crippen molar-refractivity contribution in [2.24, 2.45) is 0 Å². The zero-order chi connectivity index (χ0) is 47.9. The van der Waals surface area contributed by atoms with Crippen LogP contribution in [0.25, 0.3) is 0 Å². The number of allylic oxidation sites excluding steroid dienone is 14. The zero-order valence-electron chi connectivity index (χ0n) is 43.2. The summed E-state index contributed by atoms with van der Waals surface area (Å²) in [6, 6.07) is 0. The Balaban J connectivity index is 4.49. The molecule has 0 aromatic carbocycles. The summed E-state index contributed by atoms with van der Waals surface area (Å²) in [6.45, 7) is 6.45. The average molecular weight is 919 g/mol. The van der Waals surface area contributed by atoms with E-state index in [4.69, 9.17) is 14.2 Å². The molecular weight excluding hydrogens is 817 g/mol. The van der Waals surface area contributed by atoms with Crippen LogP contribution in [0.3, 0.4) is 0 Å².